The molecule has 0 aliphatic heterocycles. The Hall–Kier alpha value is -3.84. The van der Waals surface area contributed by atoms with Crippen molar-refractivity contribution in [3.05, 3.63) is 101 Å². The summed E-state index contributed by atoms with van der Waals surface area (Å²) in [5.74, 6) is 1.77. The number of ether oxygens (including phenoxy) is 2. The largest absolute Gasteiger partial charge is 0.496 e. The average Bonchev–Trinajstić information content (AvgIpc) is 2.81. The third-order valence-corrected chi connectivity index (χ3v) is 4.97. The predicted molar refractivity (Wildman–Crippen MR) is 122 cm³/mol. The van der Waals surface area contributed by atoms with Crippen LogP contribution in [0.25, 0.3) is 6.08 Å². The maximum Gasteiger partial charge on any atom is 0.185 e. The lowest BCUT2D eigenvalue weighted by Gasteiger charge is -2.11. The minimum Gasteiger partial charge on any atom is -0.496 e. The Bertz CT molecular complexity index is 1100. The number of hydrogen-bond donors (Lipinski definition) is 0. The van der Waals surface area contributed by atoms with Gasteiger partial charge in [-0.05, 0) is 59.5 Å². The van der Waals surface area contributed by atoms with Crippen LogP contribution in [0.1, 0.15) is 52.4 Å². The third kappa shape index (κ3) is 5.83. The lowest BCUT2D eigenvalue weighted by Crippen LogP contribution is -1.99. The lowest BCUT2D eigenvalue weighted by molar-refractivity contribution is 0.104. The molecule has 0 bridgehead atoms. The molecular weight excluding hydrogens is 386 g/mol. The molecule has 3 rings (SSSR count). The van der Waals surface area contributed by atoms with Crippen molar-refractivity contribution in [1.82, 2.24) is 0 Å². The first-order valence-electron chi connectivity index (χ1n) is 10.1. The fourth-order valence-corrected chi connectivity index (χ4v) is 3.10. The van der Waals surface area contributed by atoms with Gasteiger partial charge in [-0.25, -0.2) is 0 Å². The van der Waals surface area contributed by atoms with Gasteiger partial charge in [-0.3, -0.25) is 4.79 Å². The van der Waals surface area contributed by atoms with Crippen molar-refractivity contribution in [3.8, 4) is 17.6 Å². The fraction of sp³-hybridized carbons (Fsp3) is 0.185. The number of ketones is 1. The quantitative estimate of drug-likeness (QED) is 0.329. The number of carbonyl (C=O) groups is 1. The van der Waals surface area contributed by atoms with Gasteiger partial charge in [0, 0.05) is 11.1 Å². The molecule has 0 aromatic heterocycles. The maximum atomic E-state index is 12.5. The Balaban J connectivity index is 1.71. The van der Waals surface area contributed by atoms with E-state index in [9.17, 15) is 4.79 Å². The van der Waals surface area contributed by atoms with Gasteiger partial charge in [0.1, 0.15) is 18.1 Å². The molecule has 31 heavy (non-hydrogen) atoms. The van der Waals surface area contributed by atoms with Crippen molar-refractivity contribution in [2.24, 2.45) is 0 Å². The zero-order valence-corrected chi connectivity index (χ0v) is 18.0. The molecule has 0 aliphatic rings. The second-order valence-corrected chi connectivity index (χ2v) is 7.47. The van der Waals surface area contributed by atoms with E-state index in [2.05, 4.69) is 19.9 Å². The standard InChI is InChI=1S/C27H25NO3/c1-19(2)22-8-10-23(11-9-22)26(29)14-6-20-7-15-27(30-3)24(16-20)18-31-25-12-4-21(17-28)5-13-25/h4-16,19H,18H2,1-3H3/b14-6+. The lowest BCUT2D eigenvalue weighted by atomic mass is 10.00. The highest BCUT2D eigenvalue weighted by Gasteiger charge is 2.07. The number of allylic oxidation sites excluding steroid dienone is 1. The highest BCUT2D eigenvalue weighted by molar-refractivity contribution is 6.06. The van der Waals surface area contributed by atoms with Crippen LogP contribution in [0.5, 0.6) is 11.5 Å². The molecule has 0 aliphatic carbocycles. The van der Waals surface area contributed by atoms with Crippen LogP contribution < -0.4 is 9.47 Å². The molecule has 0 saturated heterocycles. The Morgan fingerprint density at radius 2 is 1.74 bits per heavy atom. The number of rotatable bonds is 8. The minimum absolute atomic E-state index is 0.0403. The van der Waals surface area contributed by atoms with Crippen molar-refractivity contribution in [2.75, 3.05) is 7.11 Å². The summed E-state index contributed by atoms with van der Waals surface area (Å²) < 4.78 is 11.3. The molecule has 0 heterocycles. The fourth-order valence-electron chi connectivity index (χ4n) is 3.10. The van der Waals surface area contributed by atoms with E-state index in [1.54, 1.807) is 43.5 Å². The molecule has 3 aromatic carbocycles. The summed E-state index contributed by atoms with van der Waals surface area (Å²) in [7, 11) is 1.61. The van der Waals surface area contributed by atoms with Crippen LogP contribution in [0.4, 0.5) is 0 Å². The Morgan fingerprint density at radius 1 is 1.03 bits per heavy atom. The Morgan fingerprint density at radius 3 is 2.35 bits per heavy atom. The molecule has 0 spiro atoms. The van der Waals surface area contributed by atoms with Crippen molar-refractivity contribution < 1.29 is 14.3 Å². The van der Waals surface area contributed by atoms with E-state index in [1.807, 2.05) is 42.5 Å². The second kappa shape index (κ2) is 10.3. The highest BCUT2D eigenvalue weighted by Crippen LogP contribution is 2.23. The van der Waals surface area contributed by atoms with Crippen molar-refractivity contribution in [1.29, 1.82) is 5.26 Å². The molecule has 0 atom stereocenters. The number of nitriles is 1. The Kier molecular flexibility index (Phi) is 7.24. The summed E-state index contributed by atoms with van der Waals surface area (Å²) in [6, 6.07) is 22.5. The summed E-state index contributed by atoms with van der Waals surface area (Å²) in [6.45, 7) is 4.56. The van der Waals surface area contributed by atoms with Gasteiger partial charge in [0.05, 0.1) is 18.7 Å². The summed E-state index contributed by atoms with van der Waals surface area (Å²) >= 11 is 0. The molecule has 0 fully saturated rings. The monoisotopic (exact) mass is 411 g/mol. The molecule has 0 saturated carbocycles. The van der Waals surface area contributed by atoms with Crippen molar-refractivity contribution in [2.45, 2.75) is 26.4 Å². The number of carbonyl (C=O) groups excluding carboxylic acids is 1. The number of benzene rings is 3. The summed E-state index contributed by atoms with van der Waals surface area (Å²) in [5, 5.41) is 8.89. The first-order chi connectivity index (χ1) is 15.0. The predicted octanol–water partition coefficient (Wildman–Crippen LogP) is 6.17. The number of hydrogen-bond acceptors (Lipinski definition) is 4. The van der Waals surface area contributed by atoms with E-state index in [1.165, 1.54) is 5.56 Å². The van der Waals surface area contributed by atoms with Gasteiger partial charge in [-0.1, -0.05) is 50.3 Å². The first-order valence-corrected chi connectivity index (χ1v) is 10.1. The number of methoxy groups -OCH3 is 1. The molecule has 0 amide bonds. The molecule has 4 heteroatoms. The zero-order valence-electron chi connectivity index (χ0n) is 18.0. The maximum absolute atomic E-state index is 12.5. The van der Waals surface area contributed by atoms with E-state index >= 15 is 0 Å². The van der Waals surface area contributed by atoms with Gasteiger partial charge >= 0.3 is 0 Å². The molecule has 0 unspecified atom stereocenters. The Labute approximate surface area is 183 Å². The van der Waals surface area contributed by atoms with Crippen molar-refractivity contribution >= 4 is 11.9 Å². The SMILES string of the molecule is COc1ccc(/C=C/C(=O)c2ccc(C(C)C)cc2)cc1COc1ccc(C#N)cc1. The van der Waals surface area contributed by atoms with E-state index in [4.69, 9.17) is 14.7 Å². The van der Waals surface area contributed by atoms with Gasteiger partial charge in [0.2, 0.25) is 0 Å². The van der Waals surface area contributed by atoms with E-state index in [0.29, 0.717) is 35.2 Å². The van der Waals surface area contributed by atoms with Gasteiger partial charge in [0.25, 0.3) is 0 Å². The van der Waals surface area contributed by atoms with Crippen LogP contribution in [0.3, 0.4) is 0 Å². The molecule has 0 N–H and O–H groups in total. The summed E-state index contributed by atoms with van der Waals surface area (Å²) in [5.41, 5.74) is 4.20. The topological polar surface area (TPSA) is 59.3 Å². The second-order valence-electron chi connectivity index (χ2n) is 7.47. The smallest absolute Gasteiger partial charge is 0.185 e. The van der Waals surface area contributed by atoms with Crippen LogP contribution in [0.15, 0.2) is 72.8 Å². The normalized spacial score (nSPS) is 10.8. The van der Waals surface area contributed by atoms with Crippen LogP contribution in [-0.2, 0) is 6.61 Å². The van der Waals surface area contributed by atoms with E-state index in [-0.39, 0.29) is 5.78 Å². The number of nitrogens with zero attached hydrogens (tertiary/aromatic N) is 1. The summed E-state index contributed by atoms with van der Waals surface area (Å²) in [6.07, 6.45) is 3.38. The molecule has 4 nitrogen and oxygen atoms in total. The van der Waals surface area contributed by atoms with E-state index < -0.39 is 0 Å². The highest BCUT2D eigenvalue weighted by atomic mass is 16.5. The average molecular weight is 412 g/mol. The molecule has 156 valence electrons. The van der Waals surface area contributed by atoms with Crippen LogP contribution in [0, 0.1) is 11.3 Å². The van der Waals surface area contributed by atoms with Crippen LogP contribution in [0.2, 0.25) is 0 Å². The van der Waals surface area contributed by atoms with Gasteiger partial charge in [-0.15, -0.1) is 0 Å². The van der Waals surface area contributed by atoms with Crippen LogP contribution in [-0.4, -0.2) is 12.9 Å². The van der Waals surface area contributed by atoms with Gasteiger partial charge in [-0.2, -0.15) is 5.26 Å². The molecule has 3 aromatic rings. The molecular formula is C27H25NO3. The van der Waals surface area contributed by atoms with E-state index in [0.717, 1.165) is 11.1 Å². The van der Waals surface area contributed by atoms with Gasteiger partial charge < -0.3 is 9.47 Å². The van der Waals surface area contributed by atoms with Crippen molar-refractivity contribution in [3.63, 3.8) is 0 Å². The van der Waals surface area contributed by atoms with Crippen LogP contribution >= 0.6 is 0 Å². The first kappa shape index (κ1) is 21.9. The molecule has 0 radical (unpaired) electrons. The third-order valence-electron chi connectivity index (χ3n) is 4.97. The van der Waals surface area contributed by atoms with Gasteiger partial charge in [0.15, 0.2) is 5.78 Å². The summed E-state index contributed by atoms with van der Waals surface area (Å²) in [4.78, 5) is 12.5. The zero-order chi connectivity index (χ0) is 22.2. The minimum atomic E-state index is -0.0403.